The average molecular weight is 385 g/mol. The van der Waals surface area contributed by atoms with Crippen LogP contribution >= 0.6 is 0 Å². The third kappa shape index (κ3) is 7.11. The van der Waals surface area contributed by atoms with E-state index in [1.807, 2.05) is 30.3 Å². The summed E-state index contributed by atoms with van der Waals surface area (Å²) in [5.41, 5.74) is 0.847. The van der Waals surface area contributed by atoms with Gasteiger partial charge in [-0.05, 0) is 12.5 Å². The number of hydrogen-bond acceptors (Lipinski definition) is 5. The predicted molar refractivity (Wildman–Crippen MR) is 98.8 cm³/mol. The normalized spacial score (nSPS) is 12.7. The molecule has 146 valence electrons. The summed E-state index contributed by atoms with van der Waals surface area (Å²) in [6.07, 6.45) is 1.03. The van der Waals surface area contributed by atoms with Crippen LogP contribution in [-0.2, 0) is 30.9 Å². The van der Waals surface area contributed by atoms with Gasteiger partial charge >= 0.3 is 0 Å². The molecule has 1 rings (SSSR count). The molecule has 0 saturated carbocycles. The van der Waals surface area contributed by atoms with E-state index in [1.165, 1.54) is 19.1 Å². The number of rotatable bonds is 10. The molecule has 1 N–H and O–H groups in total. The van der Waals surface area contributed by atoms with Gasteiger partial charge in [-0.1, -0.05) is 30.3 Å². The highest BCUT2D eigenvalue weighted by Crippen LogP contribution is 2.10. The van der Waals surface area contributed by atoms with Gasteiger partial charge in [-0.3, -0.25) is 9.59 Å². The molecule has 1 aromatic rings. The van der Waals surface area contributed by atoms with Crippen molar-refractivity contribution in [1.82, 2.24) is 14.5 Å². The monoisotopic (exact) mass is 385 g/mol. The summed E-state index contributed by atoms with van der Waals surface area (Å²) in [7, 11) is -0.639. The molecule has 0 unspecified atom stereocenters. The van der Waals surface area contributed by atoms with Crippen LogP contribution in [-0.4, -0.2) is 75.6 Å². The summed E-state index contributed by atoms with van der Waals surface area (Å²) >= 11 is 0. The number of sulfonamides is 1. The van der Waals surface area contributed by atoms with Gasteiger partial charge in [-0.2, -0.15) is 4.31 Å². The van der Waals surface area contributed by atoms with Crippen molar-refractivity contribution < 1.29 is 22.7 Å². The lowest BCUT2D eigenvalue weighted by Crippen LogP contribution is -2.50. The number of carbonyl (C=O) groups excluding carboxylic acids is 2. The smallest absolute Gasteiger partial charge is 0.242 e. The SMILES string of the molecule is COCCNC(=O)[C@H](C)N(Cc1ccccc1)C(=O)CN(C)S(C)(=O)=O. The number of hydrogen-bond donors (Lipinski definition) is 1. The molecule has 1 aromatic carbocycles. The fourth-order valence-electron chi connectivity index (χ4n) is 2.19. The number of amides is 2. The standard InChI is InChI=1S/C17H27N3O5S/c1-14(17(22)18-10-11-25-3)20(12-15-8-6-5-7-9-15)16(21)13-19(2)26(4,23)24/h5-9,14H,10-13H2,1-4H3,(H,18,22)/t14-/m0/s1. The van der Waals surface area contributed by atoms with Gasteiger partial charge < -0.3 is 15.0 Å². The van der Waals surface area contributed by atoms with Crippen LogP contribution in [0.2, 0.25) is 0 Å². The van der Waals surface area contributed by atoms with E-state index < -0.39 is 22.0 Å². The first-order valence-electron chi connectivity index (χ1n) is 8.18. The Labute approximate surface area is 155 Å². The lowest BCUT2D eigenvalue weighted by Gasteiger charge is -2.30. The van der Waals surface area contributed by atoms with Crippen molar-refractivity contribution in [3.8, 4) is 0 Å². The molecule has 8 nitrogen and oxygen atoms in total. The van der Waals surface area contributed by atoms with Crippen molar-refractivity contribution in [3.05, 3.63) is 35.9 Å². The molecule has 0 heterocycles. The van der Waals surface area contributed by atoms with Crippen molar-refractivity contribution in [2.24, 2.45) is 0 Å². The number of nitrogens with zero attached hydrogens (tertiary/aromatic N) is 2. The Morgan fingerprint density at radius 1 is 1.23 bits per heavy atom. The summed E-state index contributed by atoms with van der Waals surface area (Å²) in [6.45, 7) is 2.18. The highest BCUT2D eigenvalue weighted by molar-refractivity contribution is 7.88. The minimum absolute atomic E-state index is 0.205. The van der Waals surface area contributed by atoms with Gasteiger partial charge in [0.2, 0.25) is 21.8 Å². The maximum absolute atomic E-state index is 12.7. The summed E-state index contributed by atoms with van der Waals surface area (Å²) in [4.78, 5) is 26.4. The Kier molecular flexibility index (Phi) is 8.70. The van der Waals surface area contributed by atoms with E-state index in [0.29, 0.717) is 13.2 Å². The lowest BCUT2D eigenvalue weighted by molar-refractivity contribution is -0.140. The van der Waals surface area contributed by atoms with Gasteiger partial charge in [-0.25, -0.2) is 8.42 Å². The van der Waals surface area contributed by atoms with Crippen molar-refractivity contribution in [1.29, 1.82) is 0 Å². The van der Waals surface area contributed by atoms with E-state index in [4.69, 9.17) is 4.74 Å². The average Bonchev–Trinajstić information content (AvgIpc) is 2.59. The van der Waals surface area contributed by atoms with Crippen LogP contribution in [0.4, 0.5) is 0 Å². The van der Waals surface area contributed by atoms with Crippen LogP contribution in [0, 0.1) is 0 Å². The van der Waals surface area contributed by atoms with E-state index in [2.05, 4.69) is 5.32 Å². The Balaban J connectivity index is 2.93. The predicted octanol–water partition coefficient (Wildman–Crippen LogP) is 0.0577. The van der Waals surface area contributed by atoms with Crippen molar-refractivity contribution in [2.75, 3.05) is 40.1 Å². The molecule has 0 saturated heterocycles. The van der Waals surface area contributed by atoms with Gasteiger partial charge in [0.1, 0.15) is 6.04 Å². The van der Waals surface area contributed by atoms with Gasteiger partial charge in [-0.15, -0.1) is 0 Å². The highest BCUT2D eigenvalue weighted by Gasteiger charge is 2.28. The van der Waals surface area contributed by atoms with E-state index in [0.717, 1.165) is 16.1 Å². The molecular formula is C17H27N3O5S. The zero-order valence-corrected chi connectivity index (χ0v) is 16.5. The second-order valence-electron chi connectivity index (χ2n) is 5.99. The second-order valence-corrected chi connectivity index (χ2v) is 8.08. The van der Waals surface area contributed by atoms with E-state index >= 15 is 0 Å². The molecule has 0 aliphatic carbocycles. The van der Waals surface area contributed by atoms with Crippen molar-refractivity contribution in [3.63, 3.8) is 0 Å². The third-order valence-corrected chi connectivity index (χ3v) is 5.15. The molecule has 26 heavy (non-hydrogen) atoms. The summed E-state index contributed by atoms with van der Waals surface area (Å²) in [6, 6.07) is 8.46. The lowest BCUT2D eigenvalue weighted by atomic mass is 10.1. The summed E-state index contributed by atoms with van der Waals surface area (Å²) in [5.74, 6) is -0.774. The quantitative estimate of drug-likeness (QED) is 0.575. The van der Waals surface area contributed by atoms with Crippen molar-refractivity contribution in [2.45, 2.75) is 19.5 Å². The number of likely N-dealkylation sites (N-methyl/N-ethyl adjacent to an activating group) is 1. The zero-order chi connectivity index (χ0) is 19.7. The first-order chi connectivity index (χ1) is 12.2. The van der Waals surface area contributed by atoms with Gasteiger partial charge in [0.15, 0.2) is 0 Å². The topological polar surface area (TPSA) is 96.0 Å². The Morgan fingerprint density at radius 2 is 1.85 bits per heavy atom. The minimum Gasteiger partial charge on any atom is -0.383 e. The molecule has 2 amide bonds. The Morgan fingerprint density at radius 3 is 2.38 bits per heavy atom. The molecule has 9 heteroatoms. The number of nitrogens with one attached hydrogen (secondary N) is 1. The fraction of sp³-hybridized carbons (Fsp3) is 0.529. The number of methoxy groups -OCH3 is 1. The third-order valence-electron chi connectivity index (χ3n) is 3.89. The number of ether oxygens (including phenoxy) is 1. The minimum atomic E-state index is -3.50. The van der Waals surface area contributed by atoms with Gasteiger partial charge in [0.05, 0.1) is 19.4 Å². The molecule has 0 bridgehead atoms. The number of carbonyl (C=O) groups is 2. The van der Waals surface area contributed by atoms with Crippen LogP contribution in [0.15, 0.2) is 30.3 Å². The van der Waals surface area contributed by atoms with Gasteiger partial charge in [0, 0.05) is 27.2 Å². The molecule has 1 atom stereocenters. The molecule has 0 aliphatic heterocycles. The maximum atomic E-state index is 12.7. The molecule has 0 spiro atoms. The highest BCUT2D eigenvalue weighted by atomic mass is 32.2. The number of benzene rings is 1. The van der Waals surface area contributed by atoms with Crippen LogP contribution in [0.25, 0.3) is 0 Å². The van der Waals surface area contributed by atoms with E-state index in [1.54, 1.807) is 6.92 Å². The fourth-order valence-corrected chi connectivity index (χ4v) is 2.53. The largest absolute Gasteiger partial charge is 0.383 e. The summed E-state index contributed by atoms with van der Waals surface area (Å²) < 4.78 is 29.0. The molecule has 0 fully saturated rings. The Bertz CT molecular complexity index is 694. The molecular weight excluding hydrogens is 358 g/mol. The van der Waals surface area contributed by atoms with Crippen molar-refractivity contribution >= 4 is 21.8 Å². The van der Waals surface area contributed by atoms with Crippen LogP contribution in [0.3, 0.4) is 0 Å². The van der Waals surface area contributed by atoms with Crippen LogP contribution < -0.4 is 5.32 Å². The first kappa shape index (κ1) is 22.1. The Hall–Kier alpha value is -1.97. The zero-order valence-electron chi connectivity index (χ0n) is 15.6. The maximum Gasteiger partial charge on any atom is 0.242 e. The summed E-state index contributed by atoms with van der Waals surface area (Å²) in [5, 5.41) is 2.70. The first-order valence-corrected chi connectivity index (χ1v) is 10.0. The van der Waals surface area contributed by atoms with E-state index in [9.17, 15) is 18.0 Å². The molecule has 0 aliphatic rings. The molecule has 0 radical (unpaired) electrons. The molecule has 0 aromatic heterocycles. The van der Waals surface area contributed by atoms with Crippen LogP contribution in [0.5, 0.6) is 0 Å². The second kappa shape index (κ2) is 10.2. The van der Waals surface area contributed by atoms with Gasteiger partial charge in [0.25, 0.3) is 0 Å². The van der Waals surface area contributed by atoms with Crippen LogP contribution in [0.1, 0.15) is 12.5 Å². The van der Waals surface area contributed by atoms with E-state index in [-0.39, 0.29) is 19.0 Å².